The van der Waals surface area contributed by atoms with Crippen LogP contribution in [0.5, 0.6) is 0 Å². The Morgan fingerprint density at radius 3 is 1.94 bits per heavy atom. The Morgan fingerprint density at radius 2 is 1.53 bits per heavy atom. The minimum absolute atomic E-state index is 1.06. The fourth-order valence-electron chi connectivity index (χ4n) is 0.983. The van der Waals surface area contributed by atoms with Crippen molar-refractivity contribution in [2.45, 2.75) is 27.7 Å². The molecule has 0 heterocycles. The van der Waals surface area contributed by atoms with Crippen molar-refractivity contribution in [1.82, 2.24) is 15.1 Å². The van der Waals surface area contributed by atoms with Gasteiger partial charge in [-0.1, -0.05) is 13.8 Å². The zero-order valence-corrected chi connectivity index (χ0v) is 13.0. The standard InChI is InChI=1S/C12H25N3.C2H6/c1-11(13-3)7-8-12(2)15(6)10-9-14(4)5;1-2/h7-8,13H,9-10H2,1-6H3;1-2H3/b11-7+,12-8+;. The largest absolute Gasteiger partial charge is 0.392 e. The third-order valence-corrected chi connectivity index (χ3v) is 2.45. The molecule has 17 heavy (non-hydrogen) atoms. The number of nitrogens with one attached hydrogen (secondary N) is 1. The first kappa shape index (κ1) is 18.4. The van der Waals surface area contributed by atoms with E-state index in [9.17, 15) is 0 Å². The first-order valence-corrected chi connectivity index (χ1v) is 6.36. The molecule has 0 unspecified atom stereocenters. The van der Waals surface area contributed by atoms with Crippen molar-refractivity contribution in [2.24, 2.45) is 0 Å². The predicted octanol–water partition coefficient (Wildman–Crippen LogP) is 2.53. The quantitative estimate of drug-likeness (QED) is 0.721. The molecule has 0 atom stereocenters. The van der Waals surface area contributed by atoms with Crippen LogP contribution in [0.4, 0.5) is 0 Å². The van der Waals surface area contributed by atoms with E-state index >= 15 is 0 Å². The van der Waals surface area contributed by atoms with Crippen LogP contribution in [0.1, 0.15) is 27.7 Å². The molecule has 0 saturated carbocycles. The third-order valence-electron chi connectivity index (χ3n) is 2.45. The zero-order valence-electron chi connectivity index (χ0n) is 13.0. The van der Waals surface area contributed by atoms with E-state index in [0.717, 1.165) is 13.1 Å². The minimum atomic E-state index is 1.06. The highest BCUT2D eigenvalue weighted by atomic mass is 15.2. The number of nitrogens with zero attached hydrogens (tertiary/aromatic N) is 2. The summed E-state index contributed by atoms with van der Waals surface area (Å²) in [6.07, 6.45) is 4.24. The molecule has 0 bridgehead atoms. The van der Waals surface area contributed by atoms with Gasteiger partial charge in [-0.05, 0) is 40.1 Å². The lowest BCUT2D eigenvalue weighted by molar-refractivity contribution is 0.326. The Bertz CT molecular complexity index is 230. The van der Waals surface area contributed by atoms with Gasteiger partial charge in [-0.15, -0.1) is 0 Å². The van der Waals surface area contributed by atoms with Gasteiger partial charge < -0.3 is 15.1 Å². The first-order valence-electron chi connectivity index (χ1n) is 6.36. The normalized spacial score (nSPS) is 12.1. The van der Waals surface area contributed by atoms with Gasteiger partial charge in [0.2, 0.25) is 0 Å². The molecule has 3 heteroatoms. The average Bonchev–Trinajstić information content (AvgIpc) is 2.34. The Balaban J connectivity index is 0. The SMILES string of the molecule is CC.CN/C(C)=C/C=C(\C)N(C)CCN(C)C. The van der Waals surface area contributed by atoms with Gasteiger partial charge in [-0.3, -0.25) is 0 Å². The van der Waals surface area contributed by atoms with Gasteiger partial charge in [-0.25, -0.2) is 0 Å². The number of rotatable bonds is 6. The molecular weight excluding hydrogens is 210 g/mol. The second-order valence-corrected chi connectivity index (χ2v) is 4.13. The van der Waals surface area contributed by atoms with Crippen molar-refractivity contribution >= 4 is 0 Å². The van der Waals surface area contributed by atoms with E-state index in [0.29, 0.717) is 0 Å². The van der Waals surface area contributed by atoms with Gasteiger partial charge in [0.25, 0.3) is 0 Å². The highest BCUT2D eigenvalue weighted by Gasteiger charge is 1.98. The highest BCUT2D eigenvalue weighted by molar-refractivity contribution is 5.13. The molecule has 0 fully saturated rings. The molecule has 0 aromatic heterocycles. The topological polar surface area (TPSA) is 18.5 Å². The molecule has 0 spiro atoms. The van der Waals surface area contributed by atoms with E-state index in [2.05, 4.69) is 62.3 Å². The molecule has 102 valence electrons. The Morgan fingerprint density at radius 1 is 1.00 bits per heavy atom. The average molecular weight is 241 g/mol. The summed E-state index contributed by atoms with van der Waals surface area (Å²) >= 11 is 0. The van der Waals surface area contributed by atoms with Gasteiger partial charge in [0.05, 0.1) is 0 Å². The summed E-state index contributed by atoms with van der Waals surface area (Å²) in [5.41, 5.74) is 2.46. The summed E-state index contributed by atoms with van der Waals surface area (Å²) in [7, 11) is 8.25. The molecule has 0 amide bonds. The van der Waals surface area contributed by atoms with Crippen molar-refractivity contribution in [3.8, 4) is 0 Å². The van der Waals surface area contributed by atoms with Crippen LogP contribution in [0.15, 0.2) is 23.5 Å². The molecule has 0 aromatic rings. The lowest BCUT2D eigenvalue weighted by Gasteiger charge is -2.21. The molecule has 3 nitrogen and oxygen atoms in total. The molecular formula is C14H31N3. The molecule has 0 aliphatic heterocycles. The third kappa shape index (κ3) is 11.3. The van der Waals surface area contributed by atoms with Gasteiger partial charge in [0, 0.05) is 38.6 Å². The molecule has 0 rings (SSSR count). The molecule has 0 aliphatic carbocycles. The Kier molecular flexibility index (Phi) is 12.5. The number of hydrogen-bond acceptors (Lipinski definition) is 3. The Labute approximate surface area is 108 Å². The first-order chi connectivity index (χ1) is 7.97. The summed E-state index contributed by atoms with van der Waals surface area (Å²) < 4.78 is 0. The van der Waals surface area contributed by atoms with Crippen molar-refractivity contribution in [3.63, 3.8) is 0 Å². The van der Waals surface area contributed by atoms with E-state index in [1.165, 1.54) is 11.4 Å². The highest BCUT2D eigenvalue weighted by Crippen LogP contribution is 2.01. The second kappa shape index (κ2) is 11.5. The number of likely N-dealkylation sites (N-methyl/N-ethyl adjacent to an activating group) is 2. The van der Waals surface area contributed by atoms with Crippen LogP contribution in [0, 0.1) is 0 Å². The summed E-state index contributed by atoms with van der Waals surface area (Å²) in [4.78, 5) is 4.46. The van der Waals surface area contributed by atoms with Crippen molar-refractivity contribution in [3.05, 3.63) is 23.5 Å². The zero-order chi connectivity index (χ0) is 13.8. The molecule has 0 aliphatic rings. The summed E-state index contributed by atoms with van der Waals surface area (Å²) in [6, 6.07) is 0. The van der Waals surface area contributed by atoms with Crippen molar-refractivity contribution < 1.29 is 0 Å². The Hall–Kier alpha value is -0.960. The van der Waals surface area contributed by atoms with E-state index in [-0.39, 0.29) is 0 Å². The van der Waals surface area contributed by atoms with Crippen molar-refractivity contribution in [2.75, 3.05) is 41.3 Å². The van der Waals surface area contributed by atoms with Crippen LogP contribution < -0.4 is 5.32 Å². The monoisotopic (exact) mass is 241 g/mol. The maximum absolute atomic E-state index is 3.10. The van der Waals surface area contributed by atoms with Gasteiger partial charge in [0.15, 0.2) is 0 Å². The predicted molar refractivity (Wildman–Crippen MR) is 79.1 cm³/mol. The van der Waals surface area contributed by atoms with Crippen molar-refractivity contribution in [1.29, 1.82) is 0 Å². The minimum Gasteiger partial charge on any atom is -0.392 e. The number of hydrogen-bond donors (Lipinski definition) is 1. The van der Waals surface area contributed by atoms with Gasteiger partial charge >= 0.3 is 0 Å². The van der Waals surface area contributed by atoms with Crippen LogP contribution >= 0.6 is 0 Å². The van der Waals surface area contributed by atoms with Crippen LogP contribution in [0.25, 0.3) is 0 Å². The van der Waals surface area contributed by atoms with Crippen LogP contribution in [-0.2, 0) is 0 Å². The maximum atomic E-state index is 3.10. The maximum Gasteiger partial charge on any atom is 0.0299 e. The van der Waals surface area contributed by atoms with Crippen LogP contribution in [0.2, 0.25) is 0 Å². The molecule has 0 radical (unpaired) electrons. The van der Waals surface area contributed by atoms with Gasteiger partial charge in [-0.2, -0.15) is 0 Å². The van der Waals surface area contributed by atoms with Crippen LogP contribution in [-0.4, -0.2) is 51.1 Å². The molecule has 0 aromatic carbocycles. The van der Waals surface area contributed by atoms with E-state index < -0.39 is 0 Å². The lowest BCUT2D eigenvalue weighted by atomic mass is 10.3. The van der Waals surface area contributed by atoms with Gasteiger partial charge in [0.1, 0.15) is 0 Å². The summed E-state index contributed by atoms with van der Waals surface area (Å²) in [5.74, 6) is 0. The molecule has 1 N–H and O–H groups in total. The second-order valence-electron chi connectivity index (χ2n) is 4.13. The number of allylic oxidation sites excluding steroid dienone is 4. The summed E-state index contributed by atoms with van der Waals surface area (Å²) in [6.45, 7) is 10.3. The van der Waals surface area contributed by atoms with E-state index in [1.807, 2.05) is 20.9 Å². The lowest BCUT2D eigenvalue weighted by Crippen LogP contribution is -2.27. The fraction of sp³-hybridized carbons (Fsp3) is 0.714. The van der Waals surface area contributed by atoms with E-state index in [4.69, 9.17) is 0 Å². The van der Waals surface area contributed by atoms with E-state index in [1.54, 1.807) is 0 Å². The fourth-order valence-corrected chi connectivity index (χ4v) is 0.983. The molecule has 0 saturated heterocycles. The summed E-state index contributed by atoms with van der Waals surface area (Å²) in [5, 5.41) is 3.10. The van der Waals surface area contributed by atoms with Crippen LogP contribution in [0.3, 0.4) is 0 Å². The smallest absolute Gasteiger partial charge is 0.0299 e.